The van der Waals surface area contributed by atoms with Crippen molar-refractivity contribution in [3.63, 3.8) is 0 Å². The topological polar surface area (TPSA) is 35.2 Å². The zero-order valence-corrected chi connectivity index (χ0v) is 12.4. The Morgan fingerprint density at radius 2 is 1.80 bits per heavy atom. The minimum absolute atomic E-state index is 0.0953. The van der Waals surface area contributed by atoms with Gasteiger partial charge in [-0.15, -0.1) is 0 Å². The van der Waals surface area contributed by atoms with Crippen LogP contribution in [0.3, 0.4) is 0 Å². The number of hydrogen-bond donors (Lipinski definition) is 1. The first kappa shape index (κ1) is 15.1. The summed E-state index contributed by atoms with van der Waals surface area (Å²) < 4.78 is 19.1. The van der Waals surface area contributed by atoms with Gasteiger partial charge in [-0.25, -0.2) is 4.39 Å². The van der Waals surface area contributed by atoms with Gasteiger partial charge in [0.15, 0.2) is 0 Å². The number of benzene rings is 2. The first-order chi connectivity index (χ1) is 9.44. The van der Waals surface area contributed by atoms with Crippen LogP contribution >= 0.6 is 23.2 Å². The molecule has 106 valence electrons. The van der Waals surface area contributed by atoms with Gasteiger partial charge in [-0.2, -0.15) is 0 Å². The third kappa shape index (κ3) is 4.10. The third-order valence-electron chi connectivity index (χ3n) is 2.63. The van der Waals surface area contributed by atoms with E-state index >= 15 is 0 Å². The van der Waals surface area contributed by atoms with Gasteiger partial charge in [0.2, 0.25) is 0 Å². The molecule has 0 heterocycles. The van der Waals surface area contributed by atoms with E-state index in [9.17, 15) is 4.39 Å². The maximum absolute atomic E-state index is 13.3. The van der Waals surface area contributed by atoms with Crippen LogP contribution in [0.4, 0.5) is 4.39 Å². The molecule has 0 radical (unpaired) electrons. The predicted octanol–water partition coefficient (Wildman–Crippen LogP) is 4.81. The van der Waals surface area contributed by atoms with Crippen LogP contribution in [0.2, 0.25) is 10.0 Å². The molecule has 0 bridgehead atoms. The van der Waals surface area contributed by atoms with Gasteiger partial charge >= 0.3 is 0 Å². The fraction of sp³-hybridized carbons (Fsp3) is 0.200. The lowest BCUT2D eigenvalue weighted by atomic mass is 10.1. The Hall–Kier alpha value is -1.29. The van der Waals surface area contributed by atoms with Crippen molar-refractivity contribution in [1.29, 1.82) is 0 Å². The summed E-state index contributed by atoms with van der Waals surface area (Å²) in [7, 11) is 0. The Morgan fingerprint density at radius 3 is 2.40 bits per heavy atom. The smallest absolute Gasteiger partial charge is 0.130 e. The summed E-state index contributed by atoms with van der Waals surface area (Å²) in [6.07, 6.45) is 0.515. The third-order valence-corrected chi connectivity index (χ3v) is 3.06. The highest BCUT2D eigenvalue weighted by Crippen LogP contribution is 2.31. The van der Waals surface area contributed by atoms with Gasteiger partial charge in [0, 0.05) is 16.1 Å². The molecule has 0 aromatic heterocycles. The van der Waals surface area contributed by atoms with E-state index in [1.165, 1.54) is 12.1 Å². The lowest BCUT2D eigenvalue weighted by Gasteiger charge is -2.13. The van der Waals surface area contributed by atoms with Gasteiger partial charge in [0.05, 0.1) is 0 Å². The Labute approximate surface area is 127 Å². The quantitative estimate of drug-likeness (QED) is 0.878. The Bertz CT molecular complexity index is 597. The molecule has 5 heteroatoms. The van der Waals surface area contributed by atoms with E-state index in [0.29, 0.717) is 33.5 Å². The van der Waals surface area contributed by atoms with E-state index in [0.717, 1.165) is 0 Å². The monoisotopic (exact) mass is 313 g/mol. The Morgan fingerprint density at radius 1 is 1.15 bits per heavy atom. The fourth-order valence-corrected chi connectivity index (χ4v) is 2.37. The highest BCUT2D eigenvalue weighted by molar-refractivity contribution is 6.34. The van der Waals surface area contributed by atoms with Crippen molar-refractivity contribution in [1.82, 2.24) is 0 Å². The zero-order chi connectivity index (χ0) is 14.7. The second kappa shape index (κ2) is 6.44. The second-order valence-corrected chi connectivity index (χ2v) is 5.51. The maximum Gasteiger partial charge on any atom is 0.130 e. The molecule has 0 amide bonds. The molecule has 1 atom stereocenters. The molecule has 1 unspecified atom stereocenters. The molecule has 0 saturated carbocycles. The molecular formula is C15H14Cl2FNO. The highest BCUT2D eigenvalue weighted by Gasteiger charge is 2.10. The lowest BCUT2D eigenvalue weighted by Crippen LogP contribution is -2.18. The maximum atomic E-state index is 13.3. The van der Waals surface area contributed by atoms with E-state index in [2.05, 4.69) is 0 Å². The Balaban J connectivity index is 2.32. The van der Waals surface area contributed by atoms with Crippen LogP contribution in [-0.2, 0) is 6.42 Å². The van der Waals surface area contributed by atoms with Gasteiger partial charge in [0.1, 0.15) is 17.3 Å². The molecular weight excluding hydrogens is 300 g/mol. The normalized spacial score (nSPS) is 12.2. The number of nitrogens with two attached hydrogens (primary N) is 1. The van der Waals surface area contributed by atoms with Crippen LogP contribution < -0.4 is 10.5 Å². The summed E-state index contributed by atoms with van der Waals surface area (Å²) in [6.45, 7) is 1.85. The van der Waals surface area contributed by atoms with Crippen molar-refractivity contribution in [3.8, 4) is 11.5 Å². The average molecular weight is 314 g/mol. The average Bonchev–Trinajstić information content (AvgIpc) is 2.30. The zero-order valence-electron chi connectivity index (χ0n) is 10.9. The molecule has 2 rings (SSSR count). The molecule has 2 N–H and O–H groups in total. The molecule has 2 aromatic carbocycles. The minimum atomic E-state index is -0.322. The molecule has 0 saturated heterocycles. The van der Waals surface area contributed by atoms with Crippen LogP contribution in [0.25, 0.3) is 0 Å². The van der Waals surface area contributed by atoms with Gasteiger partial charge in [-0.1, -0.05) is 23.2 Å². The first-order valence-electron chi connectivity index (χ1n) is 6.12. The van der Waals surface area contributed by atoms with Crippen LogP contribution in [0.1, 0.15) is 12.5 Å². The van der Waals surface area contributed by atoms with E-state index < -0.39 is 0 Å². The van der Waals surface area contributed by atoms with E-state index in [1.807, 2.05) is 6.92 Å². The van der Waals surface area contributed by atoms with Gasteiger partial charge in [-0.3, -0.25) is 0 Å². The molecule has 0 aliphatic heterocycles. The summed E-state index contributed by atoms with van der Waals surface area (Å²) >= 11 is 11.8. The molecule has 0 fully saturated rings. The first-order valence-corrected chi connectivity index (χ1v) is 6.87. The van der Waals surface area contributed by atoms with Crippen LogP contribution in [-0.4, -0.2) is 6.04 Å². The molecule has 0 aliphatic carbocycles. The van der Waals surface area contributed by atoms with Crippen molar-refractivity contribution >= 4 is 23.2 Å². The molecule has 0 aliphatic rings. The van der Waals surface area contributed by atoms with E-state index in [-0.39, 0.29) is 11.9 Å². The number of halogens is 3. The SMILES string of the molecule is CC(N)Cc1cc(F)ccc1Oc1cc(Cl)cc(Cl)c1. The highest BCUT2D eigenvalue weighted by atomic mass is 35.5. The van der Waals surface area contributed by atoms with Crippen molar-refractivity contribution in [3.05, 3.63) is 57.8 Å². The molecule has 0 spiro atoms. The summed E-state index contributed by atoms with van der Waals surface area (Å²) in [5.74, 6) is 0.721. The number of rotatable bonds is 4. The van der Waals surface area contributed by atoms with Crippen LogP contribution in [0, 0.1) is 5.82 Å². The standard InChI is InChI=1S/C15H14Cl2FNO/c1-9(19)4-10-5-13(18)2-3-15(10)20-14-7-11(16)6-12(17)8-14/h2-3,5-9H,4,19H2,1H3. The summed E-state index contributed by atoms with van der Waals surface area (Å²) in [5, 5.41) is 0.951. The van der Waals surface area contributed by atoms with Crippen molar-refractivity contribution < 1.29 is 9.13 Å². The van der Waals surface area contributed by atoms with E-state index in [4.69, 9.17) is 33.7 Å². The lowest BCUT2D eigenvalue weighted by molar-refractivity contribution is 0.471. The van der Waals surface area contributed by atoms with E-state index in [1.54, 1.807) is 24.3 Å². The van der Waals surface area contributed by atoms with Gasteiger partial charge < -0.3 is 10.5 Å². The fourth-order valence-electron chi connectivity index (χ4n) is 1.87. The van der Waals surface area contributed by atoms with Gasteiger partial charge in [0.25, 0.3) is 0 Å². The van der Waals surface area contributed by atoms with Gasteiger partial charge in [-0.05, 0) is 55.3 Å². The molecule has 20 heavy (non-hydrogen) atoms. The van der Waals surface area contributed by atoms with Crippen LogP contribution in [0.15, 0.2) is 36.4 Å². The largest absolute Gasteiger partial charge is 0.457 e. The summed E-state index contributed by atoms with van der Waals surface area (Å²) in [4.78, 5) is 0. The van der Waals surface area contributed by atoms with Crippen molar-refractivity contribution in [2.75, 3.05) is 0 Å². The predicted molar refractivity (Wildman–Crippen MR) is 80.3 cm³/mol. The summed E-state index contributed by atoms with van der Waals surface area (Å²) in [5.41, 5.74) is 6.47. The van der Waals surface area contributed by atoms with Crippen molar-refractivity contribution in [2.24, 2.45) is 5.73 Å². The number of ether oxygens (including phenoxy) is 1. The Kier molecular flexibility index (Phi) is 4.86. The number of hydrogen-bond acceptors (Lipinski definition) is 2. The second-order valence-electron chi connectivity index (χ2n) is 4.64. The summed E-state index contributed by atoms with van der Waals surface area (Å²) in [6, 6.07) is 9.14. The molecule has 2 aromatic rings. The molecule has 2 nitrogen and oxygen atoms in total. The minimum Gasteiger partial charge on any atom is -0.457 e. The van der Waals surface area contributed by atoms with Crippen molar-refractivity contribution in [2.45, 2.75) is 19.4 Å². The van der Waals surface area contributed by atoms with Crippen LogP contribution in [0.5, 0.6) is 11.5 Å².